The molecular weight excluding hydrogens is 395 g/mol. The van der Waals surface area contributed by atoms with Gasteiger partial charge in [-0.05, 0) is 43.7 Å². The lowest BCUT2D eigenvalue weighted by Gasteiger charge is -2.26. The molecule has 1 aliphatic rings. The van der Waals surface area contributed by atoms with Crippen LogP contribution in [0.15, 0.2) is 49.2 Å². The van der Waals surface area contributed by atoms with Crippen molar-refractivity contribution in [3.05, 3.63) is 54.7 Å². The number of aromatic nitrogens is 4. The van der Waals surface area contributed by atoms with Crippen LogP contribution in [0, 0.1) is 5.92 Å². The first kappa shape index (κ1) is 20.3. The number of para-hydroxylation sites is 1. The zero-order valence-corrected chi connectivity index (χ0v) is 16.2. The molecule has 0 spiro atoms. The number of ether oxygens (including phenoxy) is 1. The summed E-state index contributed by atoms with van der Waals surface area (Å²) < 4.78 is 47.2. The fourth-order valence-corrected chi connectivity index (χ4v) is 3.69. The van der Waals surface area contributed by atoms with Crippen molar-refractivity contribution in [2.45, 2.75) is 37.9 Å². The summed E-state index contributed by atoms with van der Waals surface area (Å²) in [7, 11) is 0. The Morgan fingerprint density at radius 1 is 1.10 bits per heavy atom. The number of halogens is 3. The van der Waals surface area contributed by atoms with Crippen LogP contribution in [-0.2, 0) is 6.18 Å². The van der Waals surface area contributed by atoms with Gasteiger partial charge in [0.25, 0.3) is 0 Å². The smallest absolute Gasteiger partial charge is 0.418 e. The van der Waals surface area contributed by atoms with Gasteiger partial charge >= 0.3 is 6.18 Å². The van der Waals surface area contributed by atoms with Crippen LogP contribution in [-0.4, -0.2) is 32.4 Å². The number of nitrogens with two attached hydrogens (primary N) is 1. The Hall–Kier alpha value is -2.94. The zero-order valence-electron chi connectivity index (χ0n) is 16.2. The van der Waals surface area contributed by atoms with E-state index < -0.39 is 11.7 Å². The van der Waals surface area contributed by atoms with Gasteiger partial charge in [0.2, 0.25) is 0 Å². The molecule has 2 N–H and O–H groups in total. The molecule has 0 saturated heterocycles. The summed E-state index contributed by atoms with van der Waals surface area (Å²) in [4.78, 5) is 8.30. The van der Waals surface area contributed by atoms with Gasteiger partial charge in [-0.25, -0.2) is 14.6 Å². The molecule has 4 rings (SSSR count). The predicted molar refractivity (Wildman–Crippen MR) is 105 cm³/mol. The molecule has 9 heteroatoms. The van der Waals surface area contributed by atoms with Crippen molar-refractivity contribution in [1.29, 1.82) is 0 Å². The second-order valence-electron chi connectivity index (χ2n) is 7.52. The first-order valence-electron chi connectivity index (χ1n) is 9.82. The van der Waals surface area contributed by atoms with E-state index in [0.29, 0.717) is 29.5 Å². The molecule has 0 atom stereocenters. The van der Waals surface area contributed by atoms with Gasteiger partial charge in [0, 0.05) is 17.8 Å². The summed E-state index contributed by atoms with van der Waals surface area (Å²) in [6, 6.07) is 5.57. The SMILES string of the molecule is NC1CCC(COc2cncnc2-c2cnn(-c3ccccc3C(F)(F)F)c2)CC1. The average Bonchev–Trinajstić information content (AvgIpc) is 3.23. The molecule has 2 aromatic heterocycles. The third-order valence-corrected chi connectivity index (χ3v) is 5.36. The molecule has 0 bridgehead atoms. The van der Waals surface area contributed by atoms with Crippen molar-refractivity contribution in [1.82, 2.24) is 19.7 Å². The van der Waals surface area contributed by atoms with Crippen molar-refractivity contribution < 1.29 is 17.9 Å². The Labute approximate surface area is 171 Å². The highest BCUT2D eigenvalue weighted by Gasteiger charge is 2.34. The second kappa shape index (κ2) is 8.43. The van der Waals surface area contributed by atoms with Gasteiger partial charge in [-0.2, -0.15) is 18.3 Å². The fraction of sp³-hybridized carbons (Fsp3) is 0.381. The Morgan fingerprint density at radius 3 is 2.63 bits per heavy atom. The molecule has 1 saturated carbocycles. The summed E-state index contributed by atoms with van der Waals surface area (Å²) in [5, 5.41) is 4.12. The van der Waals surface area contributed by atoms with Crippen molar-refractivity contribution in [2.75, 3.05) is 6.61 Å². The second-order valence-corrected chi connectivity index (χ2v) is 7.52. The van der Waals surface area contributed by atoms with E-state index in [4.69, 9.17) is 10.5 Å². The lowest BCUT2D eigenvalue weighted by Crippen LogP contribution is -2.28. The molecule has 158 valence electrons. The van der Waals surface area contributed by atoms with E-state index in [9.17, 15) is 13.2 Å². The normalized spacial score (nSPS) is 19.6. The van der Waals surface area contributed by atoms with E-state index in [-0.39, 0.29) is 11.7 Å². The number of benzene rings is 1. The molecule has 0 aliphatic heterocycles. The summed E-state index contributed by atoms with van der Waals surface area (Å²) in [6.07, 6.45) is 5.44. The van der Waals surface area contributed by atoms with Crippen LogP contribution >= 0.6 is 0 Å². The van der Waals surface area contributed by atoms with Crippen LogP contribution < -0.4 is 10.5 Å². The zero-order chi connectivity index (χ0) is 21.1. The van der Waals surface area contributed by atoms with Gasteiger partial charge in [0.1, 0.15) is 12.0 Å². The highest BCUT2D eigenvalue weighted by Crippen LogP contribution is 2.35. The Bertz CT molecular complexity index is 996. The predicted octanol–water partition coefficient (Wildman–Crippen LogP) is 4.24. The van der Waals surface area contributed by atoms with Gasteiger partial charge in [-0.15, -0.1) is 0 Å². The summed E-state index contributed by atoms with van der Waals surface area (Å²) in [5.41, 5.74) is 6.19. The largest absolute Gasteiger partial charge is 0.489 e. The van der Waals surface area contributed by atoms with E-state index in [1.165, 1.54) is 35.5 Å². The lowest BCUT2D eigenvalue weighted by atomic mass is 9.87. The van der Waals surface area contributed by atoms with E-state index in [2.05, 4.69) is 15.1 Å². The molecule has 0 radical (unpaired) electrons. The third kappa shape index (κ3) is 4.46. The number of rotatable bonds is 5. The average molecular weight is 417 g/mol. The summed E-state index contributed by atoms with van der Waals surface area (Å²) in [6.45, 7) is 0.526. The van der Waals surface area contributed by atoms with Crippen LogP contribution in [0.2, 0.25) is 0 Å². The molecule has 30 heavy (non-hydrogen) atoms. The molecule has 6 nitrogen and oxygen atoms in total. The fourth-order valence-electron chi connectivity index (χ4n) is 3.69. The van der Waals surface area contributed by atoms with Crippen LogP contribution in [0.1, 0.15) is 31.2 Å². The van der Waals surface area contributed by atoms with Gasteiger partial charge < -0.3 is 10.5 Å². The topological polar surface area (TPSA) is 78.8 Å². The Morgan fingerprint density at radius 2 is 1.87 bits per heavy atom. The molecular formula is C21H22F3N5O. The van der Waals surface area contributed by atoms with Crippen molar-refractivity contribution in [3.63, 3.8) is 0 Å². The van der Waals surface area contributed by atoms with Gasteiger partial charge in [0.05, 0.1) is 30.3 Å². The molecule has 3 aromatic rings. The van der Waals surface area contributed by atoms with E-state index >= 15 is 0 Å². The van der Waals surface area contributed by atoms with Crippen molar-refractivity contribution in [2.24, 2.45) is 11.7 Å². The van der Waals surface area contributed by atoms with E-state index in [1.807, 2.05) is 0 Å². The van der Waals surface area contributed by atoms with Crippen LogP contribution in [0.25, 0.3) is 16.9 Å². The van der Waals surface area contributed by atoms with E-state index in [0.717, 1.165) is 31.7 Å². The minimum atomic E-state index is -4.48. The molecule has 1 fully saturated rings. The molecule has 1 aromatic carbocycles. The Balaban J connectivity index is 1.56. The number of hydrogen-bond acceptors (Lipinski definition) is 5. The first-order chi connectivity index (χ1) is 14.4. The van der Waals surface area contributed by atoms with Crippen molar-refractivity contribution in [3.8, 4) is 22.7 Å². The van der Waals surface area contributed by atoms with Crippen molar-refractivity contribution >= 4 is 0 Å². The number of nitrogens with zero attached hydrogens (tertiary/aromatic N) is 4. The quantitative estimate of drug-likeness (QED) is 0.672. The van der Waals surface area contributed by atoms with Crippen LogP contribution in [0.4, 0.5) is 13.2 Å². The lowest BCUT2D eigenvalue weighted by molar-refractivity contribution is -0.137. The molecule has 1 aliphatic carbocycles. The van der Waals surface area contributed by atoms with E-state index in [1.54, 1.807) is 12.3 Å². The first-order valence-corrected chi connectivity index (χ1v) is 9.82. The van der Waals surface area contributed by atoms with Gasteiger partial charge in [-0.3, -0.25) is 0 Å². The van der Waals surface area contributed by atoms with Crippen LogP contribution in [0.3, 0.4) is 0 Å². The maximum Gasteiger partial charge on any atom is 0.418 e. The number of hydrogen-bond donors (Lipinski definition) is 1. The van der Waals surface area contributed by atoms with Gasteiger partial charge in [0.15, 0.2) is 5.75 Å². The third-order valence-electron chi connectivity index (χ3n) is 5.36. The maximum atomic E-state index is 13.3. The Kier molecular flexibility index (Phi) is 5.72. The minimum Gasteiger partial charge on any atom is -0.489 e. The minimum absolute atomic E-state index is 0.0497. The molecule has 2 heterocycles. The highest BCUT2D eigenvalue weighted by atomic mass is 19.4. The molecule has 0 amide bonds. The monoisotopic (exact) mass is 417 g/mol. The van der Waals surface area contributed by atoms with Gasteiger partial charge in [-0.1, -0.05) is 12.1 Å². The highest BCUT2D eigenvalue weighted by molar-refractivity contribution is 5.64. The maximum absolute atomic E-state index is 13.3. The number of alkyl halides is 3. The summed E-state index contributed by atoms with van der Waals surface area (Å²) >= 11 is 0. The standard InChI is InChI=1S/C21H22F3N5O/c22-21(23,24)17-3-1-2-4-18(17)29-11-15(9-28-29)20-19(10-26-13-27-20)30-12-14-5-7-16(25)8-6-14/h1-4,9-11,13-14,16H,5-8,12,25H2. The summed E-state index contributed by atoms with van der Waals surface area (Å²) in [5.74, 6) is 0.898. The molecule has 0 unspecified atom stereocenters. The van der Waals surface area contributed by atoms with Crippen LogP contribution in [0.5, 0.6) is 5.75 Å².